The van der Waals surface area contributed by atoms with Crippen LogP contribution in [0.15, 0.2) is 35.7 Å². The highest BCUT2D eigenvalue weighted by molar-refractivity contribution is 7.10. The van der Waals surface area contributed by atoms with Gasteiger partial charge < -0.3 is 15.4 Å². The molecule has 0 radical (unpaired) electrons. The first-order chi connectivity index (χ1) is 13.5. The van der Waals surface area contributed by atoms with Gasteiger partial charge in [0.05, 0.1) is 6.04 Å². The monoisotopic (exact) mass is 401 g/mol. The van der Waals surface area contributed by atoms with Gasteiger partial charge in [-0.3, -0.25) is 9.59 Å². The summed E-state index contributed by atoms with van der Waals surface area (Å²) in [4.78, 5) is 29.7. The van der Waals surface area contributed by atoms with Crippen molar-refractivity contribution in [3.05, 3.63) is 46.4 Å². The normalized spacial score (nSPS) is 16.0. The largest absolute Gasteiger partial charge is 0.381 e. The second kappa shape index (κ2) is 9.80. The van der Waals surface area contributed by atoms with E-state index in [1.54, 1.807) is 5.38 Å². The molecule has 3 rings (SSSR count). The summed E-state index contributed by atoms with van der Waals surface area (Å²) in [6.07, 6.45) is 2.29. The summed E-state index contributed by atoms with van der Waals surface area (Å²) < 4.78 is 5.35. The third kappa shape index (κ3) is 5.62. The number of rotatable bonds is 7. The zero-order chi connectivity index (χ0) is 19.9. The minimum atomic E-state index is -0.243. The molecule has 6 nitrogen and oxygen atoms in total. The maximum Gasteiger partial charge on any atom is 0.275 e. The Morgan fingerprint density at radius 2 is 1.93 bits per heavy atom. The van der Waals surface area contributed by atoms with Gasteiger partial charge in [-0.1, -0.05) is 32.0 Å². The van der Waals surface area contributed by atoms with Crippen molar-refractivity contribution in [1.29, 1.82) is 0 Å². The van der Waals surface area contributed by atoms with Gasteiger partial charge in [0.1, 0.15) is 10.7 Å². The number of nitrogens with zero attached hydrogens (tertiary/aromatic N) is 1. The lowest BCUT2D eigenvalue weighted by Gasteiger charge is -2.25. The standard InChI is InChI=1S/C21H27N3O3S/c1-14(2)12-17(23-19(25)15-8-10-27-11-9-15)21-24-18(13-28-21)20(26)22-16-6-4-3-5-7-16/h3-7,13-15,17H,8-12H2,1-2H3,(H,22,26)(H,23,25)/t17-/m0/s1. The Kier molecular flexibility index (Phi) is 7.17. The Balaban J connectivity index is 1.68. The average molecular weight is 402 g/mol. The summed E-state index contributed by atoms with van der Waals surface area (Å²) in [7, 11) is 0. The molecule has 1 atom stereocenters. The maximum atomic E-state index is 12.7. The number of thiazole rings is 1. The number of hydrogen-bond acceptors (Lipinski definition) is 5. The van der Waals surface area contributed by atoms with Crippen LogP contribution in [0.1, 0.15) is 54.6 Å². The molecule has 0 unspecified atom stereocenters. The van der Waals surface area contributed by atoms with Crippen molar-refractivity contribution in [3.63, 3.8) is 0 Å². The molecule has 2 aromatic rings. The van der Waals surface area contributed by atoms with E-state index in [4.69, 9.17) is 4.74 Å². The molecule has 0 bridgehead atoms. The van der Waals surface area contributed by atoms with Crippen molar-refractivity contribution < 1.29 is 14.3 Å². The summed E-state index contributed by atoms with van der Waals surface area (Å²) in [6, 6.07) is 9.12. The van der Waals surface area contributed by atoms with Gasteiger partial charge in [-0.15, -0.1) is 11.3 Å². The first-order valence-electron chi connectivity index (χ1n) is 9.73. The molecule has 7 heteroatoms. The van der Waals surface area contributed by atoms with Crippen molar-refractivity contribution in [2.24, 2.45) is 11.8 Å². The molecule has 1 aromatic heterocycles. The molecule has 1 aromatic carbocycles. The van der Waals surface area contributed by atoms with E-state index in [0.717, 1.165) is 30.0 Å². The summed E-state index contributed by atoms with van der Waals surface area (Å²) in [6.45, 7) is 5.50. The molecule has 0 saturated carbocycles. The number of hydrogen-bond donors (Lipinski definition) is 2. The summed E-state index contributed by atoms with van der Waals surface area (Å²) in [5, 5.41) is 8.53. The smallest absolute Gasteiger partial charge is 0.275 e. The lowest BCUT2D eigenvalue weighted by atomic mass is 9.97. The van der Waals surface area contributed by atoms with Crippen molar-refractivity contribution >= 4 is 28.8 Å². The van der Waals surface area contributed by atoms with Crippen molar-refractivity contribution in [2.45, 2.75) is 39.2 Å². The molecule has 28 heavy (non-hydrogen) atoms. The number of amides is 2. The fraction of sp³-hybridized carbons (Fsp3) is 0.476. The number of benzene rings is 1. The Hall–Kier alpha value is -2.25. The highest BCUT2D eigenvalue weighted by atomic mass is 32.1. The number of carbonyl (C=O) groups is 2. The van der Waals surface area contributed by atoms with Gasteiger partial charge in [0.25, 0.3) is 5.91 Å². The van der Waals surface area contributed by atoms with Crippen LogP contribution in [0.3, 0.4) is 0 Å². The maximum absolute atomic E-state index is 12.7. The highest BCUT2D eigenvalue weighted by Gasteiger charge is 2.26. The van der Waals surface area contributed by atoms with Crippen molar-refractivity contribution in [3.8, 4) is 0 Å². The van der Waals surface area contributed by atoms with E-state index in [2.05, 4.69) is 29.5 Å². The van der Waals surface area contributed by atoms with E-state index in [-0.39, 0.29) is 23.8 Å². The minimum absolute atomic E-state index is 0.00998. The van der Waals surface area contributed by atoms with Crippen LogP contribution in [0.2, 0.25) is 0 Å². The van der Waals surface area contributed by atoms with E-state index in [1.807, 2.05) is 30.3 Å². The average Bonchev–Trinajstić information content (AvgIpc) is 3.19. The quantitative estimate of drug-likeness (QED) is 0.734. The third-order valence-corrected chi connectivity index (χ3v) is 5.66. The van der Waals surface area contributed by atoms with Crippen LogP contribution in [0, 0.1) is 11.8 Å². The van der Waals surface area contributed by atoms with Gasteiger partial charge in [0.2, 0.25) is 5.91 Å². The fourth-order valence-electron chi connectivity index (χ4n) is 3.21. The Labute approximate surface area is 169 Å². The number of carbonyl (C=O) groups excluding carboxylic acids is 2. The van der Waals surface area contributed by atoms with Crippen LogP contribution in [-0.4, -0.2) is 30.0 Å². The van der Waals surface area contributed by atoms with Gasteiger partial charge in [0, 0.05) is 30.2 Å². The Morgan fingerprint density at radius 1 is 1.21 bits per heavy atom. The number of aromatic nitrogens is 1. The van der Waals surface area contributed by atoms with E-state index in [1.165, 1.54) is 11.3 Å². The van der Waals surface area contributed by atoms with Crippen molar-refractivity contribution in [1.82, 2.24) is 10.3 Å². The number of anilines is 1. The van der Waals surface area contributed by atoms with Gasteiger partial charge in [-0.05, 0) is 37.3 Å². The zero-order valence-corrected chi connectivity index (χ0v) is 17.1. The Bertz CT molecular complexity index is 785. The molecule has 2 N–H and O–H groups in total. The second-order valence-electron chi connectivity index (χ2n) is 7.47. The van der Waals surface area contributed by atoms with E-state index in [9.17, 15) is 9.59 Å². The van der Waals surface area contributed by atoms with E-state index in [0.29, 0.717) is 24.8 Å². The summed E-state index contributed by atoms with van der Waals surface area (Å²) >= 11 is 1.42. The van der Waals surface area contributed by atoms with E-state index < -0.39 is 0 Å². The molecular formula is C21H27N3O3S. The topological polar surface area (TPSA) is 80.3 Å². The van der Waals surface area contributed by atoms with Crippen LogP contribution < -0.4 is 10.6 Å². The zero-order valence-electron chi connectivity index (χ0n) is 16.3. The fourth-order valence-corrected chi connectivity index (χ4v) is 4.07. The van der Waals surface area contributed by atoms with E-state index >= 15 is 0 Å². The van der Waals surface area contributed by atoms with Crippen LogP contribution in [-0.2, 0) is 9.53 Å². The molecule has 1 aliphatic heterocycles. The molecule has 0 aliphatic carbocycles. The lowest BCUT2D eigenvalue weighted by Crippen LogP contribution is -2.37. The molecule has 2 heterocycles. The molecule has 1 fully saturated rings. The first kappa shape index (κ1) is 20.5. The molecular weight excluding hydrogens is 374 g/mol. The van der Waals surface area contributed by atoms with Crippen LogP contribution in [0.4, 0.5) is 5.69 Å². The molecule has 150 valence electrons. The van der Waals surface area contributed by atoms with Crippen LogP contribution in [0.5, 0.6) is 0 Å². The van der Waals surface area contributed by atoms with Gasteiger partial charge in [0.15, 0.2) is 0 Å². The summed E-state index contributed by atoms with van der Waals surface area (Å²) in [5.74, 6) is 0.196. The Morgan fingerprint density at radius 3 is 2.61 bits per heavy atom. The van der Waals surface area contributed by atoms with Crippen LogP contribution in [0.25, 0.3) is 0 Å². The predicted molar refractivity (Wildman–Crippen MR) is 110 cm³/mol. The first-order valence-corrected chi connectivity index (χ1v) is 10.6. The molecule has 1 saturated heterocycles. The van der Waals surface area contributed by atoms with Gasteiger partial charge >= 0.3 is 0 Å². The SMILES string of the molecule is CC(C)C[C@H](NC(=O)C1CCOCC1)c1nc(C(=O)Nc2ccccc2)cs1. The molecule has 1 aliphatic rings. The van der Waals surface area contributed by atoms with Crippen molar-refractivity contribution in [2.75, 3.05) is 18.5 Å². The second-order valence-corrected chi connectivity index (χ2v) is 8.36. The predicted octanol–water partition coefficient (Wildman–Crippen LogP) is 4.03. The number of ether oxygens (including phenoxy) is 1. The molecule has 0 spiro atoms. The summed E-state index contributed by atoms with van der Waals surface area (Å²) in [5.41, 5.74) is 1.10. The molecule has 2 amide bonds. The van der Waals surface area contributed by atoms with Gasteiger partial charge in [-0.25, -0.2) is 4.98 Å². The van der Waals surface area contributed by atoms with Crippen LogP contribution >= 0.6 is 11.3 Å². The lowest BCUT2D eigenvalue weighted by molar-refractivity contribution is -0.128. The van der Waals surface area contributed by atoms with Gasteiger partial charge in [-0.2, -0.15) is 0 Å². The highest BCUT2D eigenvalue weighted by Crippen LogP contribution is 2.26. The number of para-hydroxylation sites is 1. The number of nitrogens with one attached hydrogen (secondary N) is 2. The minimum Gasteiger partial charge on any atom is -0.381 e. The third-order valence-electron chi connectivity index (χ3n) is 4.70.